The van der Waals surface area contributed by atoms with Crippen LogP contribution in [0.3, 0.4) is 0 Å². The maximum atomic E-state index is 12.6. The highest BCUT2D eigenvalue weighted by molar-refractivity contribution is 7.11. The number of amides is 1. The number of alkyl halides is 3. The summed E-state index contributed by atoms with van der Waals surface area (Å²) in [7, 11) is 0. The third-order valence-corrected chi connectivity index (χ3v) is 7.99. The number of carbonyl (C=O) groups is 1. The summed E-state index contributed by atoms with van der Waals surface area (Å²) < 4.78 is 39.4. The Morgan fingerprint density at radius 1 is 1.15 bits per heavy atom. The number of hydrogen-bond acceptors (Lipinski definition) is 5. The molecule has 1 aliphatic carbocycles. The summed E-state index contributed by atoms with van der Waals surface area (Å²) in [6.45, 7) is 4.67. The highest BCUT2D eigenvalue weighted by Crippen LogP contribution is 2.28. The monoisotopic (exact) mass is 497 g/mol. The second-order valence-electron chi connectivity index (χ2n) is 9.64. The molecular weight excluding hydrogens is 463 g/mol. The van der Waals surface area contributed by atoms with Gasteiger partial charge in [0.1, 0.15) is 0 Å². The molecule has 0 radical (unpaired) electrons. The Labute approximate surface area is 202 Å². The lowest BCUT2D eigenvalue weighted by Crippen LogP contribution is -2.39. The zero-order chi connectivity index (χ0) is 24.1. The molecule has 1 saturated carbocycles. The highest BCUT2D eigenvalue weighted by Gasteiger charge is 2.28. The van der Waals surface area contributed by atoms with Gasteiger partial charge in [-0.05, 0) is 63.5 Å². The number of carbonyl (C=O) groups excluding carboxylic acids is 1. The minimum absolute atomic E-state index is 0.0880. The summed E-state index contributed by atoms with van der Waals surface area (Å²) in [6, 6.07) is 0.269. The van der Waals surface area contributed by atoms with Crippen molar-refractivity contribution in [3.8, 4) is 0 Å². The summed E-state index contributed by atoms with van der Waals surface area (Å²) in [5.74, 6) is 0.759. The van der Waals surface area contributed by atoms with E-state index < -0.39 is 12.6 Å². The van der Waals surface area contributed by atoms with Crippen LogP contribution < -0.4 is 5.32 Å². The van der Waals surface area contributed by atoms with Crippen molar-refractivity contribution < 1.29 is 18.0 Å². The summed E-state index contributed by atoms with van der Waals surface area (Å²) in [4.78, 5) is 20.0. The van der Waals surface area contributed by atoms with Gasteiger partial charge >= 0.3 is 6.18 Å². The first-order valence-electron chi connectivity index (χ1n) is 12.3. The van der Waals surface area contributed by atoms with Crippen molar-refractivity contribution in [1.82, 2.24) is 25.0 Å². The van der Waals surface area contributed by atoms with Crippen molar-refractivity contribution >= 4 is 17.2 Å². The Morgan fingerprint density at radius 2 is 1.91 bits per heavy atom. The van der Waals surface area contributed by atoms with Gasteiger partial charge in [-0.3, -0.25) is 9.48 Å². The van der Waals surface area contributed by atoms with Gasteiger partial charge in [-0.15, -0.1) is 11.3 Å². The Balaban J connectivity index is 1.15. The summed E-state index contributed by atoms with van der Waals surface area (Å²) >= 11 is 1.57. The van der Waals surface area contributed by atoms with Gasteiger partial charge in [0.25, 0.3) is 0 Å². The van der Waals surface area contributed by atoms with E-state index in [1.807, 2.05) is 6.92 Å². The fourth-order valence-electron chi connectivity index (χ4n) is 5.14. The number of aromatic nitrogens is 3. The molecule has 3 heterocycles. The van der Waals surface area contributed by atoms with E-state index >= 15 is 0 Å². The average Bonchev–Trinajstić information content (AvgIpc) is 3.31. The average molecular weight is 498 g/mol. The molecule has 0 atom stereocenters. The molecule has 1 N–H and O–H groups in total. The molecule has 2 aromatic heterocycles. The molecule has 0 bridgehead atoms. The van der Waals surface area contributed by atoms with Gasteiger partial charge in [-0.2, -0.15) is 18.3 Å². The third-order valence-electron chi connectivity index (χ3n) is 7.07. The molecule has 2 aromatic rings. The molecule has 0 aromatic carbocycles. The van der Waals surface area contributed by atoms with E-state index in [0.29, 0.717) is 12.3 Å². The summed E-state index contributed by atoms with van der Waals surface area (Å²) in [5.41, 5.74) is 2.06. The smallest absolute Gasteiger partial charge is 0.353 e. The van der Waals surface area contributed by atoms with Crippen LogP contribution in [0.2, 0.25) is 0 Å². The predicted molar refractivity (Wildman–Crippen MR) is 126 cm³/mol. The van der Waals surface area contributed by atoms with Crippen LogP contribution in [0.1, 0.15) is 59.7 Å². The van der Waals surface area contributed by atoms with Crippen molar-refractivity contribution in [3.05, 3.63) is 33.5 Å². The minimum Gasteiger partial charge on any atom is -0.353 e. The minimum atomic E-state index is -4.15. The first-order chi connectivity index (χ1) is 16.2. The van der Waals surface area contributed by atoms with Gasteiger partial charge in [-0.1, -0.05) is 0 Å². The molecular formula is C24H34F3N5OS. The maximum absolute atomic E-state index is 12.6. The number of rotatable bonds is 8. The lowest BCUT2D eigenvalue weighted by atomic mass is 9.84. The van der Waals surface area contributed by atoms with Crippen LogP contribution >= 0.6 is 11.3 Å². The van der Waals surface area contributed by atoms with Crippen LogP contribution in [0, 0.1) is 12.8 Å². The van der Waals surface area contributed by atoms with Gasteiger partial charge in [0, 0.05) is 48.9 Å². The van der Waals surface area contributed by atoms with E-state index in [2.05, 4.69) is 20.3 Å². The Bertz CT molecular complexity index is 949. The molecule has 1 aliphatic heterocycles. The predicted octanol–water partition coefficient (Wildman–Crippen LogP) is 4.31. The molecule has 34 heavy (non-hydrogen) atoms. The molecule has 1 amide bonds. The quantitative estimate of drug-likeness (QED) is 0.591. The van der Waals surface area contributed by atoms with Gasteiger partial charge in [0.05, 0.1) is 24.0 Å². The first kappa shape index (κ1) is 25.2. The Morgan fingerprint density at radius 3 is 2.62 bits per heavy atom. The molecule has 0 unspecified atom stereocenters. The fraction of sp³-hybridized carbons (Fsp3) is 0.708. The van der Waals surface area contributed by atoms with Crippen LogP contribution in [0.5, 0.6) is 0 Å². The highest BCUT2D eigenvalue weighted by atomic mass is 32.1. The molecule has 6 nitrogen and oxygen atoms in total. The molecule has 4 rings (SSSR count). The standard InChI is InChI=1S/C24H34F3N5OS/c1-17-28-16-21(34-17)14-23(33)30-20-4-2-18(3-5-20)6-10-31-11-7-19-15-29-32(22(19)8-12-31)13-9-24(25,26)27/h15-16,18,20H,2-14H2,1H3,(H,30,33). The van der Waals surface area contributed by atoms with Crippen molar-refractivity contribution in [3.63, 3.8) is 0 Å². The number of nitrogens with one attached hydrogen (secondary N) is 1. The van der Waals surface area contributed by atoms with Crippen molar-refractivity contribution in [2.24, 2.45) is 5.92 Å². The van der Waals surface area contributed by atoms with E-state index in [-0.39, 0.29) is 18.5 Å². The topological polar surface area (TPSA) is 63.1 Å². The van der Waals surface area contributed by atoms with Crippen molar-refractivity contribution in [1.29, 1.82) is 0 Å². The molecule has 1 fully saturated rings. The van der Waals surface area contributed by atoms with Crippen LogP contribution in [0.25, 0.3) is 0 Å². The summed E-state index contributed by atoms with van der Waals surface area (Å²) in [5, 5.41) is 8.38. The fourth-order valence-corrected chi connectivity index (χ4v) is 5.93. The van der Waals surface area contributed by atoms with E-state index in [4.69, 9.17) is 0 Å². The summed E-state index contributed by atoms with van der Waals surface area (Å²) in [6.07, 6.45) is 6.01. The van der Waals surface area contributed by atoms with Crippen LogP contribution in [-0.2, 0) is 30.6 Å². The van der Waals surface area contributed by atoms with E-state index in [1.54, 1.807) is 28.4 Å². The van der Waals surface area contributed by atoms with E-state index in [9.17, 15) is 18.0 Å². The van der Waals surface area contributed by atoms with E-state index in [0.717, 1.165) is 85.7 Å². The van der Waals surface area contributed by atoms with Crippen molar-refractivity contribution in [2.45, 2.75) is 83.5 Å². The van der Waals surface area contributed by atoms with Gasteiger partial charge in [0.15, 0.2) is 0 Å². The number of nitrogens with zero attached hydrogens (tertiary/aromatic N) is 4. The third kappa shape index (κ3) is 7.28. The lowest BCUT2D eigenvalue weighted by Gasteiger charge is -2.30. The van der Waals surface area contributed by atoms with Crippen LogP contribution in [0.15, 0.2) is 12.4 Å². The van der Waals surface area contributed by atoms with Gasteiger partial charge in [0.2, 0.25) is 5.91 Å². The van der Waals surface area contributed by atoms with Gasteiger partial charge in [-0.25, -0.2) is 4.98 Å². The molecule has 188 valence electrons. The lowest BCUT2D eigenvalue weighted by molar-refractivity contribution is -0.137. The first-order valence-corrected chi connectivity index (χ1v) is 13.1. The second kappa shape index (κ2) is 11.2. The molecule has 10 heteroatoms. The van der Waals surface area contributed by atoms with Gasteiger partial charge < -0.3 is 10.2 Å². The van der Waals surface area contributed by atoms with Crippen molar-refractivity contribution in [2.75, 3.05) is 19.6 Å². The maximum Gasteiger partial charge on any atom is 0.390 e. The molecule has 0 saturated heterocycles. The number of halogens is 3. The van der Waals surface area contributed by atoms with Crippen LogP contribution in [0.4, 0.5) is 13.2 Å². The largest absolute Gasteiger partial charge is 0.390 e. The zero-order valence-electron chi connectivity index (χ0n) is 19.7. The number of hydrogen-bond donors (Lipinski definition) is 1. The number of aryl methyl sites for hydroxylation is 2. The Kier molecular flexibility index (Phi) is 8.29. The SMILES string of the molecule is Cc1ncc(CC(=O)NC2CCC(CCN3CCc4cnn(CCC(F)(F)F)c4CC3)CC2)s1. The normalized spacial score (nSPS) is 21.8. The number of fused-ring (bicyclic) bond motifs is 1. The van der Waals surface area contributed by atoms with Crippen LogP contribution in [-0.4, -0.2) is 57.4 Å². The molecule has 0 spiro atoms. The zero-order valence-corrected chi connectivity index (χ0v) is 20.6. The molecule has 2 aliphatic rings. The van der Waals surface area contributed by atoms with E-state index in [1.165, 1.54) is 0 Å². The Hall–Kier alpha value is -1.94. The second-order valence-corrected chi connectivity index (χ2v) is 11.0. The number of thiazole rings is 1.